The van der Waals surface area contributed by atoms with Gasteiger partial charge in [-0.05, 0) is 76.1 Å². The highest BCUT2D eigenvalue weighted by Gasteiger charge is 2.16. The van der Waals surface area contributed by atoms with E-state index in [-0.39, 0.29) is 0 Å². The molecule has 0 saturated heterocycles. The zero-order chi connectivity index (χ0) is 29.7. The van der Waals surface area contributed by atoms with Crippen molar-refractivity contribution in [1.29, 1.82) is 0 Å². The molecule has 0 amide bonds. The topological polar surface area (TPSA) is 56.5 Å². The summed E-state index contributed by atoms with van der Waals surface area (Å²) in [6.45, 7) is 0. The van der Waals surface area contributed by atoms with Crippen molar-refractivity contribution in [3.05, 3.63) is 152 Å². The summed E-state index contributed by atoms with van der Waals surface area (Å²) in [5.41, 5.74) is 7.58. The Hall–Kier alpha value is -6.20. The van der Waals surface area contributed by atoms with Gasteiger partial charge in [0.25, 0.3) is 0 Å². The first-order chi connectivity index (χ1) is 22.3. The van der Waals surface area contributed by atoms with E-state index in [1.807, 2.05) is 36.8 Å². The lowest BCUT2D eigenvalue weighted by atomic mass is 9.94. The van der Waals surface area contributed by atoms with Gasteiger partial charge in [-0.3, -0.25) is 14.5 Å². The Morgan fingerprint density at radius 2 is 1.18 bits per heavy atom. The molecule has 5 nitrogen and oxygen atoms in total. The van der Waals surface area contributed by atoms with Crippen molar-refractivity contribution in [2.24, 2.45) is 0 Å². The van der Waals surface area contributed by atoms with Crippen LogP contribution in [0.5, 0.6) is 0 Å². The highest BCUT2D eigenvalue weighted by Crippen LogP contribution is 2.37. The van der Waals surface area contributed by atoms with Crippen LogP contribution >= 0.6 is 0 Å². The molecular weight excluding hydrogens is 550 g/mol. The van der Waals surface area contributed by atoms with Gasteiger partial charge in [-0.2, -0.15) is 0 Å². The number of para-hydroxylation sites is 1. The molecule has 0 unspecified atom stereocenters. The minimum atomic E-state index is 0.801. The smallest absolute Gasteiger partial charge is 0.138 e. The van der Waals surface area contributed by atoms with E-state index in [0.717, 1.165) is 66.9 Å². The van der Waals surface area contributed by atoms with Crippen LogP contribution in [0.25, 0.3) is 83.1 Å². The predicted molar refractivity (Wildman–Crippen MR) is 183 cm³/mol. The Morgan fingerprint density at radius 3 is 2.07 bits per heavy atom. The molecule has 5 aromatic heterocycles. The number of nitrogens with zero attached hydrogens (tertiary/aromatic N) is 5. The summed E-state index contributed by atoms with van der Waals surface area (Å²) >= 11 is 0. The first-order valence-corrected chi connectivity index (χ1v) is 15.0. The van der Waals surface area contributed by atoms with Gasteiger partial charge in [0.15, 0.2) is 0 Å². The molecule has 0 aliphatic heterocycles. The number of hydrogen-bond acceptors (Lipinski definition) is 4. The predicted octanol–water partition coefficient (Wildman–Crippen LogP) is 9.67. The molecule has 0 radical (unpaired) electrons. The van der Waals surface area contributed by atoms with Gasteiger partial charge < -0.3 is 0 Å². The molecule has 0 fully saturated rings. The summed E-state index contributed by atoms with van der Waals surface area (Å²) in [6, 6.07) is 46.2. The summed E-state index contributed by atoms with van der Waals surface area (Å²) < 4.78 is 2.22. The molecule has 45 heavy (non-hydrogen) atoms. The van der Waals surface area contributed by atoms with Crippen molar-refractivity contribution in [2.45, 2.75) is 0 Å². The molecule has 5 heterocycles. The zero-order valence-electron chi connectivity index (χ0n) is 24.2. The van der Waals surface area contributed by atoms with E-state index >= 15 is 0 Å². The van der Waals surface area contributed by atoms with E-state index in [0.29, 0.717) is 0 Å². The monoisotopic (exact) mass is 575 g/mol. The van der Waals surface area contributed by atoms with Crippen LogP contribution in [0.1, 0.15) is 0 Å². The highest BCUT2D eigenvalue weighted by molar-refractivity contribution is 6.13. The van der Waals surface area contributed by atoms with Gasteiger partial charge in [-0.15, -0.1) is 0 Å². The normalized spacial score (nSPS) is 11.6. The number of hydrogen-bond donors (Lipinski definition) is 0. The van der Waals surface area contributed by atoms with E-state index in [1.54, 1.807) is 0 Å². The third-order valence-corrected chi connectivity index (χ3v) is 8.53. The molecule has 0 saturated carbocycles. The van der Waals surface area contributed by atoms with Gasteiger partial charge in [0.05, 0.1) is 33.8 Å². The van der Waals surface area contributed by atoms with Gasteiger partial charge in [0, 0.05) is 40.5 Å². The van der Waals surface area contributed by atoms with Gasteiger partial charge in [-0.25, -0.2) is 9.97 Å². The second-order valence-corrected chi connectivity index (χ2v) is 11.2. The summed E-state index contributed by atoms with van der Waals surface area (Å²) in [6.07, 6.45) is 5.58. The van der Waals surface area contributed by atoms with Gasteiger partial charge >= 0.3 is 0 Å². The van der Waals surface area contributed by atoms with Crippen LogP contribution in [-0.2, 0) is 0 Å². The van der Waals surface area contributed by atoms with Crippen molar-refractivity contribution in [3.8, 4) is 39.7 Å². The second kappa shape index (κ2) is 10.2. The van der Waals surface area contributed by atoms with Crippen LogP contribution in [0, 0.1) is 0 Å². The lowest BCUT2D eigenvalue weighted by Gasteiger charge is -2.14. The summed E-state index contributed by atoms with van der Waals surface area (Å²) in [5, 5.41) is 7.03. The van der Waals surface area contributed by atoms with Crippen LogP contribution in [0.4, 0.5) is 0 Å². The molecule has 5 heteroatoms. The standard InChI is InChI=1S/C40H25N5/c1-2-11-28-26(10-1)22-32(30-13-4-3-12-29(28)30)36-23-27(24-37(43-36)35-15-7-8-20-42-35)34-16-9-18-40(44-34)45-38-17-6-5-14-31(38)33-25-41-21-19-39(33)45/h1-25H. The zero-order valence-corrected chi connectivity index (χ0v) is 24.2. The highest BCUT2D eigenvalue weighted by atomic mass is 15.1. The molecule has 9 aromatic rings. The molecule has 0 spiro atoms. The van der Waals surface area contributed by atoms with Gasteiger partial charge in [0.1, 0.15) is 5.82 Å². The minimum Gasteiger partial charge on any atom is -0.294 e. The second-order valence-electron chi connectivity index (χ2n) is 11.2. The molecule has 0 atom stereocenters. The van der Waals surface area contributed by atoms with Crippen molar-refractivity contribution >= 4 is 43.4 Å². The summed E-state index contributed by atoms with van der Waals surface area (Å²) in [4.78, 5) is 19.5. The fourth-order valence-corrected chi connectivity index (χ4v) is 6.50. The minimum absolute atomic E-state index is 0.801. The quantitative estimate of drug-likeness (QED) is 0.196. The van der Waals surface area contributed by atoms with Crippen LogP contribution in [0.2, 0.25) is 0 Å². The third kappa shape index (κ3) is 4.17. The van der Waals surface area contributed by atoms with Gasteiger partial charge in [-0.1, -0.05) is 78.9 Å². The molecular formula is C40H25N5. The van der Waals surface area contributed by atoms with E-state index < -0.39 is 0 Å². The lowest BCUT2D eigenvalue weighted by molar-refractivity contribution is 1.08. The Morgan fingerprint density at radius 1 is 0.444 bits per heavy atom. The number of benzene rings is 4. The SMILES string of the molecule is c1ccc(-c2cc(-c3cccc(-n4c5ccccc5c5cnccc54)n3)cc(-c3cc4ccccc4c4ccccc34)n2)nc1. The Balaban J connectivity index is 1.29. The Kier molecular flexibility index (Phi) is 5.74. The molecule has 4 aromatic carbocycles. The number of aromatic nitrogens is 5. The number of fused-ring (bicyclic) bond motifs is 6. The Labute approximate surface area is 259 Å². The fourth-order valence-electron chi connectivity index (χ4n) is 6.50. The van der Waals surface area contributed by atoms with Crippen molar-refractivity contribution in [1.82, 2.24) is 24.5 Å². The van der Waals surface area contributed by atoms with Crippen molar-refractivity contribution < 1.29 is 0 Å². The number of pyridine rings is 4. The Bertz CT molecular complexity index is 2500. The summed E-state index contributed by atoms with van der Waals surface area (Å²) in [7, 11) is 0. The number of rotatable bonds is 4. The molecule has 0 aliphatic rings. The lowest BCUT2D eigenvalue weighted by Crippen LogP contribution is -1.99. The molecule has 9 rings (SSSR count). The van der Waals surface area contributed by atoms with Gasteiger partial charge in [0.2, 0.25) is 0 Å². The van der Waals surface area contributed by atoms with E-state index in [4.69, 9.17) is 9.97 Å². The molecule has 0 N–H and O–H groups in total. The van der Waals surface area contributed by atoms with Crippen LogP contribution in [-0.4, -0.2) is 24.5 Å². The average molecular weight is 576 g/mol. The maximum absolute atomic E-state index is 5.26. The first-order valence-electron chi connectivity index (χ1n) is 15.0. The third-order valence-electron chi connectivity index (χ3n) is 8.53. The van der Waals surface area contributed by atoms with E-state index in [9.17, 15) is 0 Å². The van der Waals surface area contributed by atoms with E-state index in [2.05, 4.69) is 130 Å². The summed E-state index contributed by atoms with van der Waals surface area (Å²) in [5.74, 6) is 0.846. The average Bonchev–Trinajstić information content (AvgIpc) is 3.46. The van der Waals surface area contributed by atoms with Crippen LogP contribution in [0.15, 0.2) is 152 Å². The van der Waals surface area contributed by atoms with Crippen LogP contribution in [0.3, 0.4) is 0 Å². The van der Waals surface area contributed by atoms with Crippen molar-refractivity contribution in [3.63, 3.8) is 0 Å². The van der Waals surface area contributed by atoms with E-state index in [1.165, 1.54) is 16.2 Å². The molecule has 210 valence electrons. The van der Waals surface area contributed by atoms with Crippen LogP contribution < -0.4 is 0 Å². The first kappa shape index (κ1) is 25.3. The maximum Gasteiger partial charge on any atom is 0.138 e. The maximum atomic E-state index is 5.26. The fraction of sp³-hybridized carbons (Fsp3) is 0. The molecule has 0 aliphatic carbocycles. The molecule has 0 bridgehead atoms. The largest absolute Gasteiger partial charge is 0.294 e. The van der Waals surface area contributed by atoms with Crippen molar-refractivity contribution in [2.75, 3.05) is 0 Å².